The lowest BCUT2D eigenvalue weighted by Gasteiger charge is -2.04. The number of anilines is 1. The van der Waals surface area contributed by atoms with Gasteiger partial charge in [-0.15, -0.1) is 0 Å². The van der Waals surface area contributed by atoms with E-state index < -0.39 is 9.84 Å². The molecule has 2 aromatic rings. The van der Waals surface area contributed by atoms with Crippen molar-refractivity contribution in [2.75, 3.05) is 12.0 Å². The molecule has 1 aromatic heterocycles. The van der Waals surface area contributed by atoms with Crippen LogP contribution < -0.4 is 5.73 Å². The van der Waals surface area contributed by atoms with E-state index in [-0.39, 0.29) is 10.7 Å². The van der Waals surface area contributed by atoms with Gasteiger partial charge in [0.05, 0.1) is 23.5 Å². The summed E-state index contributed by atoms with van der Waals surface area (Å²) in [6.45, 7) is 0. The molecule has 2 N–H and O–H groups in total. The molecule has 0 aliphatic carbocycles. The van der Waals surface area contributed by atoms with Gasteiger partial charge in [0, 0.05) is 6.26 Å². The van der Waals surface area contributed by atoms with Crippen LogP contribution >= 0.6 is 0 Å². The Bertz CT molecular complexity index is 723. The molecule has 18 heavy (non-hydrogen) atoms. The van der Waals surface area contributed by atoms with Crippen molar-refractivity contribution in [3.8, 4) is 11.8 Å². The van der Waals surface area contributed by atoms with Gasteiger partial charge in [-0.25, -0.2) is 13.1 Å². The van der Waals surface area contributed by atoms with Crippen LogP contribution in [0.3, 0.4) is 0 Å². The number of hydrogen-bond donors (Lipinski definition) is 1. The number of sulfone groups is 1. The van der Waals surface area contributed by atoms with E-state index in [2.05, 4.69) is 5.10 Å². The van der Waals surface area contributed by atoms with E-state index in [9.17, 15) is 8.42 Å². The molecule has 6 nitrogen and oxygen atoms in total. The van der Waals surface area contributed by atoms with Crippen LogP contribution in [0.1, 0.15) is 5.56 Å². The van der Waals surface area contributed by atoms with Gasteiger partial charge in [-0.3, -0.25) is 0 Å². The molecule has 2 rings (SSSR count). The lowest BCUT2D eigenvalue weighted by Crippen LogP contribution is -2.05. The van der Waals surface area contributed by atoms with E-state index in [1.165, 1.54) is 10.9 Å². The second kappa shape index (κ2) is 4.16. The molecular weight excluding hydrogens is 252 g/mol. The summed E-state index contributed by atoms with van der Waals surface area (Å²) in [4.78, 5) is -0.00754. The Morgan fingerprint density at radius 1 is 1.33 bits per heavy atom. The minimum Gasteiger partial charge on any atom is -0.382 e. The summed E-state index contributed by atoms with van der Waals surface area (Å²) in [6.07, 6.45) is 2.28. The molecule has 1 heterocycles. The fraction of sp³-hybridized carbons (Fsp3) is 0.0909. The van der Waals surface area contributed by atoms with Crippen molar-refractivity contribution in [2.24, 2.45) is 0 Å². The van der Waals surface area contributed by atoms with E-state index in [0.29, 0.717) is 11.3 Å². The fourth-order valence-electron chi connectivity index (χ4n) is 1.51. The third-order valence-electron chi connectivity index (χ3n) is 2.41. The Hall–Kier alpha value is -2.33. The Labute approximate surface area is 104 Å². The molecule has 0 spiro atoms. The monoisotopic (exact) mass is 262 g/mol. The van der Waals surface area contributed by atoms with Crippen LogP contribution in [0.15, 0.2) is 35.4 Å². The number of benzene rings is 1. The predicted octanol–water partition coefficient (Wildman–Crippen LogP) is 0.730. The summed E-state index contributed by atoms with van der Waals surface area (Å²) in [5, 5.41) is 12.6. The van der Waals surface area contributed by atoms with E-state index >= 15 is 0 Å². The third-order valence-corrected chi connectivity index (χ3v) is 3.53. The summed E-state index contributed by atoms with van der Waals surface area (Å²) >= 11 is 0. The predicted molar refractivity (Wildman–Crippen MR) is 65.8 cm³/mol. The smallest absolute Gasteiger partial charge is 0.180 e. The summed E-state index contributed by atoms with van der Waals surface area (Å²) in [5.74, 6) is 0.0576. The lowest BCUT2D eigenvalue weighted by molar-refractivity contribution is 0.602. The second-order valence-corrected chi connectivity index (χ2v) is 5.72. The van der Waals surface area contributed by atoms with Crippen LogP contribution in [0.5, 0.6) is 0 Å². The summed E-state index contributed by atoms with van der Waals surface area (Å²) < 4.78 is 24.2. The van der Waals surface area contributed by atoms with Crippen molar-refractivity contribution in [1.82, 2.24) is 9.78 Å². The molecule has 7 heteroatoms. The molecule has 1 aromatic carbocycles. The molecule has 92 valence electrons. The number of nitrogens with zero attached hydrogens (tertiary/aromatic N) is 3. The summed E-state index contributed by atoms with van der Waals surface area (Å²) in [5.41, 5.74) is 6.85. The minimum absolute atomic E-state index is 0.00754. The summed E-state index contributed by atoms with van der Waals surface area (Å²) in [7, 11) is -3.39. The highest BCUT2D eigenvalue weighted by Crippen LogP contribution is 2.21. The first-order chi connectivity index (χ1) is 8.43. The number of hydrogen-bond acceptors (Lipinski definition) is 5. The van der Waals surface area contributed by atoms with E-state index in [1.54, 1.807) is 24.3 Å². The highest BCUT2D eigenvalue weighted by Gasteiger charge is 2.17. The van der Waals surface area contributed by atoms with Gasteiger partial charge in [0.2, 0.25) is 0 Å². The highest BCUT2D eigenvalue weighted by molar-refractivity contribution is 7.90. The van der Waals surface area contributed by atoms with Gasteiger partial charge in [0.15, 0.2) is 9.84 Å². The van der Waals surface area contributed by atoms with Crippen molar-refractivity contribution in [1.29, 1.82) is 5.26 Å². The van der Waals surface area contributed by atoms with E-state index in [4.69, 9.17) is 11.0 Å². The lowest BCUT2D eigenvalue weighted by atomic mass is 10.2. The molecule has 0 radical (unpaired) electrons. The standard InChI is InChI=1S/C11H10N4O2S/c1-18(16,17)10-7-14-15(11(10)13)9-4-2-8(6-12)3-5-9/h2-5,7H,13H2,1H3. The van der Waals surface area contributed by atoms with Crippen LogP contribution in [0, 0.1) is 11.3 Å². The molecule has 0 atom stereocenters. The average Bonchev–Trinajstić information content (AvgIpc) is 2.71. The first-order valence-corrected chi connectivity index (χ1v) is 6.86. The Morgan fingerprint density at radius 2 is 1.94 bits per heavy atom. The van der Waals surface area contributed by atoms with Crippen molar-refractivity contribution in [3.05, 3.63) is 36.0 Å². The molecule has 0 saturated carbocycles. The van der Waals surface area contributed by atoms with Gasteiger partial charge in [0.25, 0.3) is 0 Å². The highest BCUT2D eigenvalue weighted by atomic mass is 32.2. The first-order valence-electron chi connectivity index (χ1n) is 4.97. The second-order valence-electron chi connectivity index (χ2n) is 3.74. The van der Waals surface area contributed by atoms with Gasteiger partial charge in [0.1, 0.15) is 10.7 Å². The number of nitriles is 1. The van der Waals surface area contributed by atoms with Gasteiger partial charge in [-0.1, -0.05) is 0 Å². The number of nitrogen functional groups attached to an aromatic ring is 1. The zero-order valence-electron chi connectivity index (χ0n) is 9.53. The minimum atomic E-state index is -3.39. The van der Waals surface area contributed by atoms with Gasteiger partial charge in [-0.05, 0) is 24.3 Å². The number of aromatic nitrogens is 2. The average molecular weight is 262 g/mol. The maximum Gasteiger partial charge on any atom is 0.180 e. The zero-order valence-corrected chi connectivity index (χ0v) is 10.3. The Morgan fingerprint density at radius 3 is 2.39 bits per heavy atom. The van der Waals surface area contributed by atoms with Crippen LogP contribution in [0.4, 0.5) is 5.82 Å². The van der Waals surface area contributed by atoms with Gasteiger partial charge in [-0.2, -0.15) is 10.4 Å². The van der Waals surface area contributed by atoms with Crippen LogP contribution in [0.25, 0.3) is 5.69 Å². The zero-order chi connectivity index (χ0) is 13.3. The van der Waals surface area contributed by atoms with Crippen molar-refractivity contribution < 1.29 is 8.42 Å². The topological polar surface area (TPSA) is 102 Å². The number of rotatable bonds is 2. The normalized spacial score (nSPS) is 11.1. The van der Waals surface area contributed by atoms with E-state index in [0.717, 1.165) is 6.26 Å². The van der Waals surface area contributed by atoms with Crippen LogP contribution in [-0.2, 0) is 9.84 Å². The van der Waals surface area contributed by atoms with Crippen molar-refractivity contribution >= 4 is 15.7 Å². The quantitative estimate of drug-likeness (QED) is 0.859. The molecule has 0 unspecified atom stereocenters. The molecular formula is C11H10N4O2S. The number of nitrogens with two attached hydrogens (primary N) is 1. The molecule has 0 aliphatic rings. The van der Waals surface area contributed by atoms with Crippen LogP contribution in [0.2, 0.25) is 0 Å². The Balaban J connectivity index is 2.53. The SMILES string of the molecule is CS(=O)(=O)c1cnn(-c2ccc(C#N)cc2)c1N. The van der Waals surface area contributed by atoms with Crippen molar-refractivity contribution in [2.45, 2.75) is 4.90 Å². The maximum absolute atomic E-state index is 11.4. The van der Waals surface area contributed by atoms with E-state index in [1.807, 2.05) is 6.07 Å². The van der Waals surface area contributed by atoms with Crippen LogP contribution in [-0.4, -0.2) is 24.5 Å². The van der Waals surface area contributed by atoms with Gasteiger partial charge < -0.3 is 5.73 Å². The van der Waals surface area contributed by atoms with Crippen molar-refractivity contribution in [3.63, 3.8) is 0 Å². The molecule has 0 aliphatic heterocycles. The van der Waals surface area contributed by atoms with Gasteiger partial charge >= 0.3 is 0 Å². The Kier molecular flexibility index (Phi) is 2.80. The molecule has 0 fully saturated rings. The maximum atomic E-state index is 11.4. The first kappa shape index (κ1) is 12.1. The molecule has 0 saturated heterocycles. The fourth-order valence-corrected chi connectivity index (χ4v) is 2.22. The third kappa shape index (κ3) is 2.06. The largest absolute Gasteiger partial charge is 0.382 e. The summed E-state index contributed by atoms with van der Waals surface area (Å²) in [6, 6.07) is 8.50. The molecule has 0 amide bonds. The molecule has 0 bridgehead atoms.